The summed E-state index contributed by atoms with van der Waals surface area (Å²) in [5.41, 5.74) is -2.37. The molecule has 0 unspecified atom stereocenters. The fourth-order valence-corrected chi connectivity index (χ4v) is 3.77. The van der Waals surface area contributed by atoms with Crippen molar-refractivity contribution in [2.75, 3.05) is 25.1 Å². The summed E-state index contributed by atoms with van der Waals surface area (Å²) in [6.07, 6.45) is 1.37. The molecule has 0 aliphatic carbocycles. The Morgan fingerprint density at radius 2 is 1.82 bits per heavy atom. The number of aliphatic carboxylic acids is 3. The van der Waals surface area contributed by atoms with E-state index < -0.39 is 68.1 Å². The van der Waals surface area contributed by atoms with E-state index >= 15 is 0 Å². The number of hydrogen-bond donors (Lipinski definition) is 6. The van der Waals surface area contributed by atoms with Crippen LogP contribution in [0.3, 0.4) is 0 Å². The molecule has 0 saturated carbocycles. The number of hydrogen-bond acceptors (Lipinski definition) is 11. The molecule has 0 spiro atoms. The van der Waals surface area contributed by atoms with E-state index in [0.717, 1.165) is 10.9 Å². The number of ether oxygens (including phenoxy) is 2. The molecule has 0 aliphatic rings. The molecule has 0 bridgehead atoms. The molecule has 0 saturated heterocycles. The number of nitrogens with zero attached hydrogens (tertiary/aromatic N) is 4. The third-order valence-electron chi connectivity index (χ3n) is 5.55. The first kappa shape index (κ1) is 30.2. The number of fused-ring (bicyclic) bond motifs is 1. The first-order valence-corrected chi connectivity index (χ1v) is 11.8. The van der Waals surface area contributed by atoms with Crippen molar-refractivity contribution in [3.05, 3.63) is 47.5 Å². The molecule has 0 fully saturated rings. The van der Waals surface area contributed by atoms with Crippen molar-refractivity contribution in [2.45, 2.75) is 30.5 Å². The van der Waals surface area contributed by atoms with Gasteiger partial charge in [-0.3, -0.25) is 9.36 Å². The van der Waals surface area contributed by atoms with Crippen LogP contribution in [-0.2, 0) is 30.3 Å². The number of terminal acetylenes is 1. The van der Waals surface area contributed by atoms with Crippen molar-refractivity contribution in [2.24, 2.45) is 0 Å². The minimum absolute atomic E-state index is 0.0407. The minimum Gasteiger partial charge on any atom is -0.480 e. The molecule has 1 aromatic carbocycles. The monoisotopic (exact) mass is 577 g/mol. The van der Waals surface area contributed by atoms with Crippen molar-refractivity contribution in [1.29, 1.82) is 0 Å². The van der Waals surface area contributed by atoms with Gasteiger partial charge in [-0.1, -0.05) is 36.3 Å². The molecule has 2 aromatic heterocycles. The van der Waals surface area contributed by atoms with Gasteiger partial charge in [0.15, 0.2) is 29.3 Å². The van der Waals surface area contributed by atoms with Gasteiger partial charge in [-0.25, -0.2) is 14.6 Å². The Kier molecular flexibility index (Phi) is 9.93. The Morgan fingerprint density at radius 3 is 2.40 bits per heavy atom. The number of anilines is 1. The van der Waals surface area contributed by atoms with Crippen LogP contribution in [0.25, 0.3) is 11.2 Å². The molecule has 15 nitrogen and oxygen atoms in total. The van der Waals surface area contributed by atoms with Crippen molar-refractivity contribution in [3.8, 4) is 12.3 Å². The highest BCUT2D eigenvalue weighted by atomic mass is 35.5. The van der Waals surface area contributed by atoms with Crippen molar-refractivity contribution >= 4 is 46.5 Å². The number of nitrogens with one attached hydrogen (secondary N) is 1. The van der Waals surface area contributed by atoms with Crippen molar-refractivity contribution < 1.29 is 49.4 Å². The Labute approximate surface area is 231 Å². The number of aliphatic hydroxyl groups is 2. The lowest BCUT2D eigenvalue weighted by molar-refractivity contribution is -0.195. The average molecular weight is 578 g/mol. The Hall–Kier alpha value is -4.33. The van der Waals surface area contributed by atoms with Gasteiger partial charge in [-0.05, 0) is 17.2 Å². The Bertz CT molecular complexity index is 1400. The number of aliphatic hydroxyl groups excluding tert-OH is 2. The standard InChI is InChI=1S/C24H24ClN5O10/c1-2-15(32)20(30-12-27-17-18(26-9-16(33)34)28-23(25)29-19(17)30)40-14(10-31)11-39-24(21(35)36,22(37)38)8-13-6-4-3-5-7-13/h1,3-7,12,14-15,20,31-32H,8-11H2,(H,33,34)(H,35,36)(H,37,38)(H,26,28,29)/t14-,15+,20+/m0/s1. The molecule has 3 aromatic rings. The Morgan fingerprint density at radius 1 is 1.15 bits per heavy atom. The highest BCUT2D eigenvalue weighted by Crippen LogP contribution is 2.27. The van der Waals surface area contributed by atoms with E-state index in [1.54, 1.807) is 18.2 Å². The van der Waals surface area contributed by atoms with E-state index in [4.69, 9.17) is 32.6 Å². The van der Waals surface area contributed by atoms with Crippen LogP contribution in [0, 0.1) is 12.3 Å². The first-order valence-electron chi connectivity index (χ1n) is 11.4. The minimum atomic E-state index is -2.73. The second-order valence-electron chi connectivity index (χ2n) is 8.27. The zero-order valence-corrected chi connectivity index (χ0v) is 21.3. The summed E-state index contributed by atoms with van der Waals surface area (Å²) in [5, 5.41) is 51.2. The lowest BCUT2D eigenvalue weighted by Crippen LogP contribution is -2.52. The van der Waals surface area contributed by atoms with E-state index in [1.165, 1.54) is 12.1 Å². The average Bonchev–Trinajstić information content (AvgIpc) is 3.34. The lowest BCUT2D eigenvalue weighted by Gasteiger charge is -2.30. The zero-order valence-electron chi connectivity index (χ0n) is 20.5. The maximum atomic E-state index is 12.1. The summed E-state index contributed by atoms with van der Waals surface area (Å²) in [7, 11) is 0. The maximum Gasteiger partial charge on any atom is 0.348 e. The van der Waals surface area contributed by atoms with Crippen molar-refractivity contribution in [1.82, 2.24) is 19.5 Å². The van der Waals surface area contributed by atoms with Crippen LogP contribution in [-0.4, -0.2) is 101 Å². The van der Waals surface area contributed by atoms with Crippen LogP contribution >= 0.6 is 11.6 Å². The van der Waals surface area contributed by atoms with Crippen LogP contribution in [0.4, 0.5) is 5.82 Å². The summed E-state index contributed by atoms with van der Waals surface area (Å²) in [5.74, 6) is -2.74. The number of halogens is 1. The summed E-state index contributed by atoms with van der Waals surface area (Å²) in [6.45, 7) is -2.07. The number of carboxylic acids is 3. The van der Waals surface area contributed by atoms with Gasteiger partial charge in [0.05, 0.1) is 19.5 Å². The fourth-order valence-electron chi connectivity index (χ4n) is 3.60. The van der Waals surface area contributed by atoms with E-state index in [-0.39, 0.29) is 22.3 Å². The van der Waals surface area contributed by atoms with Crippen molar-refractivity contribution in [3.63, 3.8) is 0 Å². The molecule has 16 heteroatoms. The second-order valence-corrected chi connectivity index (χ2v) is 8.60. The van der Waals surface area contributed by atoms with Gasteiger partial charge in [-0.2, -0.15) is 9.97 Å². The molecule has 40 heavy (non-hydrogen) atoms. The lowest BCUT2D eigenvalue weighted by atomic mass is 9.94. The number of carboxylic acid groups (broad SMARTS) is 3. The molecule has 6 N–H and O–H groups in total. The molecule has 3 atom stereocenters. The molecule has 0 radical (unpaired) electrons. The van der Waals surface area contributed by atoms with Gasteiger partial charge in [0, 0.05) is 6.42 Å². The number of rotatable bonds is 15. The predicted molar refractivity (Wildman–Crippen MR) is 136 cm³/mol. The number of aromatic nitrogens is 4. The maximum absolute atomic E-state index is 12.1. The second kappa shape index (κ2) is 13.2. The molecule has 212 valence electrons. The van der Waals surface area contributed by atoms with E-state index in [0.29, 0.717) is 5.56 Å². The van der Waals surface area contributed by atoms with Gasteiger partial charge < -0.3 is 40.3 Å². The Balaban J connectivity index is 1.91. The smallest absolute Gasteiger partial charge is 0.348 e. The van der Waals surface area contributed by atoms with Crippen LogP contribution in [0.5, 0.6) is 0 Å². The van der Waals surface area contributed by atoms with Gasteiger partial charge in [0.1, 0.15) is 12.6 Å². The third-order valence-corrected chi connectivity index (χ3v) is 5.72. The molecule has 3 rings (SSSR count). The van der Waals surface area contributed by atoms with Gasteiger partial charge in [-0.15, -0.1) is 6.42 Å². The first-order chi connectivity index (χ1) is 19.0. The summed E-state index contributed by atoms with van der Waals surface area (Å²) in [6, 6.07) is 7.93. The predicted octanol–water partition coefficient (Wildman–Crippen LogP) is 0.0137. The van der Waals surface area contributed by atoms with E-state index in [1.807, 2.05) is 0 Å². The number of benzene rings is 1. The van der Waals surface area contributed by atoms with E-state index in [2.05, 4.69) is 26.2 Å². The number of imidazole rings is 1. The highest BCUT2D eigenvalue weighted by molar-refractivity contribution is 6.28. The topological polar surface area (TPSA) is 226 Å². The molecule has 0 aliphatic heterocycles. The van der Waals surface area contributed by atoms with Gasteiger partial charge in [0.2, 0.25) is 5.28 Å². The quantitative estimate of drug-likeness (QED) is 0.0794. The molecule has 2 heterocycles. The van der Waals surface area contributed by atoms with Gasteiger partial charge in [0.25, 0.3) is 5.60 Å². The normalized spacial score (nSPS) is 13.8. The SMILES string of the molecule is C#C[C@@H](O)[C@@H](O[C@@H](CO)COC(Cc1ccccc1)(C(=O)O)C(=O)O)n1cnc2c(NCC(=O)O)nc(Cl)nc21. The molecular formula is C24H24ClN5O10. The third kappa shape index (κ3) is 6.81. The van der Waals surface area contributed by atoms with Crippen LogP contribution in [0.15, 0.2) is 36.7 Å². The number of carbonyl (C=O) groups is 3. The molecular weight excluding hydrogens is 554 g/mol. The molecule has 0 amide bonds. The zero-order chi connectivity index (χ0) is 29.4. The summed E-state index contributed by atoms with van der Waals surface area (Å²) >= 11 is 5.98. The van der Waals surface area contributed by atoms with Gasteiger partial charge >= 0.3 is 17.9 Å². The van der Waals surface area contributed by atoms with Crippen LogP contribution in [0.2, 0.25) is 5.28 Å². The van der Waals surface area contributed by atoms with Crippen LogP contribution < -0.4 is 5.32 Å². The summed E-state index contributed by atoms with van der Waals surface area (Å²) < 4.78 is 12.2. The largest absolute Gasteiger partial charge is 0.480 e. The van der Waals surface area contributed by atoms with E-state index in [9.17, 15) is 34.8 Å². The highest BCUT2D eigenvalue weighted by Gasteiger charge is 2.49. The van der Waals surface area contributed by atoms with Crippen LogP contribution in [0.1, 0.15) is 11.8 Å². The summed E-state index contributed by atoms with van der Waals surface area (Å²) in [4.78, 5) is 47.2. The fraction of sp³-hybridized carbons (Fsp3) is 0.333.